The molecule has 0 aromatic heterocycles. The van der Waals surface area contributed by atoms with Crippen molar-refractivity contribution in [1.29, 1.82) is 0 Å². The summed E-state index contributed by atoms with van der Waals surface area (Å²) in [6.45, 7) is 3.32. The third-order valence-electron chi connectivity index (χ3n) is 5.22. The van der Waals surface area contributed by atoms with Crippen LogP contribution >= 0.6 is 0 Å². The van der Waals surface area contributed by atoms with E-state index in [1.807, 2.05) is 30.3 Å². The summed E-state index contributed by atoms with van der Waals surface area (Å²) in [5.74, 6) is 0.987. The maximum atomic E-state index is 13.3. The predicted octanol–water partition coefficient (Wildman–Crippen LogP) is 3.62. The van der Waals surface area contributed by atoms with Gasteiger partial charge in [-0.15, -0.1) is 0 Å². The summed E-state index contributed by atoms with van der Waals surface area (Å²) in [7, 11) is 3.11. The molecule has 1 aliphatic heterocycles. The number of hydrogen-bond donors (Lipinski definition) is 0. The van der Waals surface area contributed by atoms with E-state index < -0.39 is 0 Å². The van der Waals surface area contributed by atoms with Gasteiger partial charge >= 0.3 is 5.97 Å². The van der Waals surface area contributed by atoms with Crippen LogP contribution in [0.2, 0.25) is 0 Å². The van der Waals surface area contributed by atoms with E-state index in [9.17, 15) is 9.59 Å². The van der Waals surface area contributed by atoms with Crippen molar-refractivity contribution >= 4 is 11.9 Å². The minimum absolute atomic E-state index is 0.150. The van der Waals surface area contributed by atoms with Crippen molar-refractivity contribution < 1.29 is 28.5 Å². The van der Waals surface area contributed by atoms with Crippen LogP contribution in [0.15, 0.2) is 36.4 Å². The van der Waals surface area contributed by atoms with Crippen LogP contribution in [0, 0.1) is 0 Å². The van der Waals surface area contributed by atoms with Crippen LogP contribution in [0.1, 0.15) is 41.3 Å². The second-order valence-corrected chi connectivity index (χ2v) is 7.19. The number of hydrogen-bond acceptors (Lipinski definition) is 6. The molecule has 1 amide bonds. The number of methoxy groups -OCH3 is 2. The lowest BCUT2D eigenvalue weighted by molar-refractivity contribution is -0.143. The molecule has 0 N–H and O–H groups in total. The molecule has 2 aromatic carbocycles. The first kappa shape index (κ1) is 22.5. The maximum Gasteiger partial charge on any atom is 0.307 e. The zero-order valence-corrected chi connectivity index (χ0v) is 18.3. The van der Waals surface area contributed by atoms with Gasteiger partial charge in [-0.3, -0.25) is 9.59 Å². The van der Waals surface area contributed by atoms with Gasteiger partial charge in [-0.25, -0.2) is 0 Å². The molecule has 0 saturated heterocycles. The number of ether oxygens (including phenoxy) is 4. The summed E-state index contributed by atoms with van der Waals surface area (Å²) in [5.41, 5.74) is 2.33. The lowest BCUT2D eigenvalue weighted by atomic mass is 10.0. The monoisotopic (exact) mass is 427 g/mol. The van der Waals surface area contributed by atoms with Gasteiger partial charge in [-0.1, -0.05) is 30.3 Å². The molecule has 1 heterocycles. The van der Waals surface area contributed by atoms with E-state index >= 15 is 0 Å². The minimum Gasteiger partial charge on any atom is -0.493 e. The van der Waals surface area contributed by atoms with Gasteiger partial charge in [0.2, 0.25) is 5.75 Å². The number of fused-ring (bicyclic) bond motifs is 1. The van der Waals surface area contributed by atoms with Crippen molar-refractivity contribution in [3.05, 3.63) is 53.1 Å². The van der Waals surface area contributed by atoms with Gasteiger partial charge in [0.25, 0.3) is 5.91 Å². The molecule has 31 heavy (non-hydrogen) atoms. The summed E-state index contributed by atoms with van der Waals surface area (Å²) in [6.07, 6.45) is 1.58. The number of carbonyl (C=O) groups is 2. The molecule has 1 aliphatic rings. The van der Waals surface area contributed by atoms with Crippen LogP contribution in [0.4, 0.5) is 0 Å². The molecule has 0 saturated carbocycles. The molecule has 166 valence electrons. The fraction of sp³-hybridized carbons (Fsp3) is 0.417. The number of nitrogens with zero attached hydrogens (tertiary/aromatic N) is 1. The van der Waals surface area contributed by atoms with Gasteiger partial charge in [-0.05, 0) is 31.4 Å². The van der Waals surface area contributed by atoms with Crippen LogP contribution < -0.4 is 14.2 Å². The molecular formula is C24H29NO6. The summed E-state index contributed by atoms with van der Waals surface area (Å²) >= 11 is 0. The topological polar surface area (TPSA) is 74.3 Å². The quantitative estimate of drug-likeness (QED) is 0.569. The standard InChI is InChI=1S/C24H29NO6/c1-4-30-21(26)12-14-25-13-8-11-18-19(24(25)27)15-20(28-2)23(22(18)29-3)31-16-17-9-6-5-7-10-17/h5-7,9-10,15H,4,8,11-14,16H2,1-3H3. The van der Waals surface area contributed by atoms with Crippen LogP contribution in [-0.4, -0.2) is 50.7 Å². The average Bonchev–Trinajstić information content (AvgIpc) is 2.94. The number of benzene rings is 2. The number of carbonyl (C=O) groups excluding carboxylic acids is 2. The molecule has 0 radical (unpaired) electrons. The lowest BCUT2D eigenvalue weighted by Crippen LogP contribution is -2.33. The minimum atomic E-state index is -0.306. The Kier molecular flexibility index (Phi) is 7.76. The predicted molar refractivity (Wildman–Crippen MR) is 116 cm³/mol. The van der Waals surface area contributed by atoms with Crippen molar-refractivity contribution in [3.63, 3.8) is 0 Å². The smallest absolute Gasteiger partial charge is 0.307 e. The molecule has 3 rings (SSSR count). The molecule has 0 atom stereocenters. The van der Waals surface area contributed by atoms with Gasteiger partial charge in [0, 0.05) is 18.7 Å². The van der Waals surface area contributed by atoms with Crippen LogP contribution in [0.5, 0.6) is 17.2 Å². The second kappa shape index (κ2) is 10.7. The third kappa shape index (κ3) is 5.29. The molecule has 0 aliphatic carbocycles. The summed E-state index contributed by atoms with van der Waals surface area (Å²) in [5, 5.41) is 0. The Bertz CT molecular complexity index is 912. The van der Waals surface area contributed by atoms with Crippen molar-refractivity contribution in [2.45, 2.75) is 32.8 Å². The first-order valence-electron chi connectivity index (χ1n) is 10.5. The van der Waals surface area contributed by atoms with Crippen molar-refractivity contribution in [2.24, 2.45) is 0 Å². The summed E-state index contributed by atoms with van der Waals surface area (Å²) in [6, 6.07) is 11.5. The molecule has 0 spiro atoms. The number of amides is 1. The lowest BCUT2D eigenvalue weighted by Gasteiger charge is -2.22. The van der Waals surface area contributed by atoms with E-state index in [0.717, 1.165) is 17.5 Å². The van der Waals surface area contributed by atoms with Crippen LogP contribution in [0.3, 0.4) is 0 Å². The van der Waals surface area contributed by atoms with Crippen molar-refractivity contribution in [3.8, 4) is 17.2 Å². The Morgan fingerprint density at radius 1 is 1.10 bits per heavy atom. The number of esters is 1. The van der Waals surface area contributed by atoms with Crippen molar-refractivity contribution in [1.82, 2.24) is 4.90 Å². The highest BCUT2D eigenvalue weighted by Crippen LogP contribution is 2.44. The summed E-state index contributed by atoms with van der Waals surface area (Å²) < 4.78 is 22.3. The SMILES string of the molecule is CCOC(=O)CCN1CCCc2c(cc(OC)c(OCc3ccccc3)c2OC)C1=O. The Morgan fingerprint density at radius 2 is 1.87 bits per heavy atom. The van der Waals surface area contributed by atoms with E-state index in [0.29, 0.717) is 55.5 Å². The van der Waals surface area contributed by atoms with Gasteiger partial charge in [0.05, 0.1) is 32.8 Å². The molecule has 2 aromatic rings. The molecule has 0 bridgehead atoms. The van der Waals surface area contributed by atoms with E-state index in [-0.39, 0.29) is 18.3 Å². The first-order valence-corrected chi connectivity index (χ1v) is 10.5. The Hall–Kier alpha value is -3.22. The Balaban J connectivity index is 1.88. The van der Waals surface area contributed by atoms with Gasteiger partial charge < -0.3 is 23.8 Å². The zero-order valence-electron chi connectivity index (χ0n) is 18.3. The van der Waals surface area contributed by atoms with E-state index in [2.05, 4.69) is 0 Å². The highest BCUT2D eigenvalue weighted by Gasteiger charge is 2.29. The van der Waals surface area contributed by atoms with Gasteiger partial charge in [0.1, 0.15) is 6.61 Å². The van der Waals surface area contributed by atoms with Gasteiger partial charge in [-0.2, -0.15) is 0 Å². The fourth-order valence-corrected chi connectivity index (χ4v) is 3.72. The fourth-order valence-electron chi connectivity index (χ4n) is 3.72. The molecule has 0 unspecified atom stereocenters. The second-order valence-electron chi connectivity index (χ2n) is 7.19. The first-order chi connectivity index (χ1) is 15.1. The summed E-state index contributed by atoms with van der Waals surface area (Å²) in [4.78, 5) is 26.7. The van der Waals surface area contributed by atoms with E-state index in [4.69, 9.17) is 18.9 Å². The number of rotatable bonds is 9. The largest absolute Gasteiger partial charge is 0.493 e. The molecule has 7 heteroatoms. The molecular weight excluding hydrogens is 398 g/mol. The van der Waals surface area contributed by atoms with E-state index in [1.54, 1.807) is 25.0 Å². The van der Waals surface area contributed by atoms with Gasteiger partial charge in [0.15, 0.2) is 11.5 Å². The normalized spacial score (nSPS) is 13.3. The highest BCUT2D eigenvalue weighted by atomic mass is 16.5. The third-order valence-corrected chi connectivity index (χ3v) is 5.22. The van der Waals surface area contributed by atoms with E-state index in [1.165, 1.54) is 7.11 Å². The van der Waals surface area contributed by atoms with Crippen LogP contribution in [-0.2, 0) is 22.6 Å². The molecule has 7 nitrogen and oxygen atoms in total. The average molecular weight is 427 g/mol. The Labute approximate surface area is 182 Å². The van der Waals surface area contributed by atoms with Crippen LogP contribution in [0.25, 0.3) is 0 Å². The Morgan fingerprint density at radius 3 is 2.55 bits per heavy atom. The molecule has 0 fully saturated rings. The maximum absolute atomic E-state index is 13.3. The zero-order chi connectivity index (χ0) is 22.2. The van der Waals surface area contributed by atoms with Crippen molar-refractivity contribution in [2.75, 3.05) is 33.9 Å². The highest BCUT2D eigenvalue weighted by molar-refractivity contribution is 5.98.